The number of carbonyl (C=O) groups is 4. The Bertz CT molecular complexity index is 378. The standard InChI is InChI=1S/C14H26N4O6/c19-9-7-17-13(23)11(21)15-5-3-1-2-4-6-16-12(22)14(24)18-8-10-20/h19-20H,1-10H2,(H,15,21)(H,16,22)(H,17,23)(H,18,24). The van der Waals surface area contributed by atoms with Crippen molar-refractivity contribution in [1.29, 1.82) is 0 Å². The van der Waals surface area contributed by atoms with E-state index in [0.717, 1.165) is 12.8 Å². The number of amides is 4. The van der Waals surface area contributed by atoms with Crippen molar-refractivity contribution in [2.75, 3.05) is 39.4 Å². The minimum absolute atomic E-state index is 0.0377. The molecule has 0 radical (unpaired) electrons. The Morgan fingerprint density at radius 2 is 0.792 bits per heavy atom. The third-order valence-electron chi connectivity index (χ3n) is 2.88. The van der Waals surface area contributed by atoms with Crippen LogP contribution in [-0.4, -0.2) is 73.2 Å². The van der Waals surface area contributed by atoms with E-state index in [9.17, 15) is 19.2 Å². The molecule has 0 aromatic rings. The van der Waals surface area contributed by atoms with Gasteiger partial charge in [0.1, 0.15) is 0 Å². The summed E-state index contributed by atoms with van der Waals surface area (Å²) < 4.78 is 0. The number of carbonyl (C=O) groups excluding carboxylic acids is 4. The molecule has 0 fully saturated rings. The van der Waals surface area contributed by atoms with Gasteiger partial charge in [0.2, 0.25) is 0 Å². The highest BCUT2D eigenvalue weighted by Gasteiger charge is 2.12. The predicted octanol–water partition coefficient (Wildman–Crippen LogP) is -3.00. The van der Waals surface area contributed by atoms with Crippen molar-refractivity contribution in [2.45, 2.75) is 25.7 Å². The molecule has 0 saturated heterocycles. The molecule has 0 rings (SSSR count). The van der Waals surface area contributed by atoms with Crippen molar-refractivity contribution in [3.05, 3.63) is 0 Å². The Labute approximate surface area is 140 Å². The molecular formula is C14H26N4O6. The van der Waals surface area contributed by atoms with Gasteiger partial charge in [0.15, 0.2) is 0 Å². The normalized spacial score (nSPS) is 9.92. The highest BCUT2D eigenvalue weighted by molar-refractivity contribution is 6.35. The van der Waals surface area contributed by atoms with E-state index in [1.165, 1.54) is 0 Å². The van der Waals surface area contributed by atoms with Crippen LogP contribution >= 0.6 is 0 Å². The Balaban J connectivity index is 3.51. The van der Waals surface area contributed by atoms with E-state index in [-0.39, 0.29) is 26.3 Å². The average molecular weight is 346 g/mol. The molecule has 4 amide bonds. The quantitative estimate of drug-likeness (QED) is 0.173. The molecule has 6 N–H and O–H groups in total. The molecule has 0 aromatic carbocycles. The zero-order valence-electron chi connectivity index (χ0n) is 13.6. The molecule has 10 nitrogen and oxygen atoms in total. The summed E-state index contributed by atoms with van der Waals surface area (Å²) in [6, 6.07) is 0. The lowest BCUT2D eigenvalue weighted by Crippen LogP contribution is -2.41. The number of rotatable bonds is 11. The number of nitrogens with one attached hydrogen (secondary N) is 4. The van der Waals surface area contributed by atoms with Crippen LogP contribution < -0.4 is 21.3 Å². The van der Waals surface area contributed by atoms with E-state index in [2.05, 4.69) is 21.3 Å². The predicted molar refractivity (Wildman–Crippen MR) is 84.7 cm³/mol. The van der Waals surface area contributed by atoms with Crippen LogP contribution in [0, 0.1) is 0 Å². The second kappa shape index (κ2) is 14.4. The summed E-state index contributed by atoms with van der Waals surface area (Å²) >= 11 is 0. The van der Waals surface area contributed by atoms with Gasteiger partial charge in [-0.1, -0.05) is 12.8 Å². The Hall–Kier alpha value is -2.20. The molecule has 0 aromatic heterocycles. The summed E-state index contributed by atoms with van der Waals surface area (Å²) in [6.45, 7) is 0.353. The van der Waals surface area contributed by atoms with Crippen LogP contribution in [0.15, 0.2) is 0 Å². The molecule has 0 saturated carbocycles. The summed E-state index contributed by atoms with van der Waals surface area (Å²) in [5.41, 5.74) is 0. The molecule has 24 heavy (non-hydrogen) atoms. The summed E-state index contributed by atoms with van der Waals surface area (Å²) in [6.07, 6.45) is 2.96. The van der Waals surface area contributed by atoms with Gasteiger partial charge in [-0.15, -0.1) is 0 Å². The van der Waals surface area contributed by atoms with Crippen molar-refractivity contribution in [2.24, 2.45) is 0 Å². The van der Waals surface area contributed by atoms with Gasteiger partial charge < -0.3 is 31.5 Å². The number of hydrogen-bond donors (Lipinski definition) is 6. The van der Waals surface area contributed by atoms with Gasteiger partial charge in [-0.2, -0.15) is 0 Å². The molecule has 0 unspecified atom stereocenters. The highest BCUT2D eigenvalue weighted by Crippen LogP contribution is 1.97. The third kappa shape index (κ3) is 11.4. The van der Waals surface area contributed by atoms with E-state index in [1.54, 1.807) is 0 Å². The van der Waals surface area contributed by atoms with E-state index in [1.807, 2.05) is 0 Å². The zero-order chi connectivity index (χ0) is 18.2. The molecule has 10 heteroatoms. The average Bonchev–Trinajstić information content (AvgIpc) is 2.59. The van der Waals surface area contributed by atoms with E-state index in [4.69, 9.17) is 10.2 Å². The smallest absolute Gasteiger partial charge is 0.309 e. The minimum atomic E-state index is -0.772. The fourth-order valence-corrected chi connectivity index (χ4v) is 1.67. The summed E-state index contributed by atoms with van der Waals surface area (Å²) in [5, 5.41) is 26.4. The Morgan fingerprint density at radius 3 is 1.08 bits per heavy atom. The van der Waals surface area contributed by atoms with Gasteiger partial charge in [0.05, 0.1) is 13.2 Å². The maximum Gasteiger partial charge on any atom is 0.309 e. The molecule has 0 aliphatic heterocycles. The summed E-state index contributed by atoms with van der Waals surface area (Å²) in [7, 11) is 0. The SMILES string of the molecule is O=C(NCCO)C(=O)NCCCCCCNC(=O)C(=O)NCCO. The van der Waals surface area contributed by atoms with E-state index >= 15 is 0 Å². The monoisotopic (exact) mass is 346 g/mol. The molecule has 0 aliphatic rings. The molecule has 138 valence electrons. The van der Waals surface area contributed by atoms with Crippen molar-refractivity contribution < 1.29 is 29.4 Å². The second-order valence-electron chi connectivity index (χ2n) is 4.89. The number of hydrogen-bond acceptors (Lipinski definition) is 6. The minimum Gasteiger partial charge on any atom is -0.395 e. The van der Waals surface area contributed by atoms with Crippen molar-refractivity contribution in [3.8, 4) is 0 Å². The van der Waals surface area contributed by atoms with Crippen LogP contribution in [0.4, 0.5) is 0 Å². The van der Waals surface area contributed by atoms with Crippen LogP contribution in [0.25, 0.3) is 0 Å². The van der Waals surface area contributed by atoms with Crippen molar-refractivity contribution in [3.63, 3.8) is 0 Å². The zero-order valence-corrected chi connectivity index (χ0v) is 13.6. The molecular weight excluding hydrogens is 320 g/mol. The summed E-state index contributed by atoms with van der Waals surface area (Å²) in [4.78, 5) is 44.9. The van der Waals surface area contributed by atoms with Crippen LogP contribution in [0.5, 0.6) is 0 Å². The van der Waals surface area contributed by atoms with Crippen LogP contribution in [0.1, 0.15) is 25.7 Å². The first kappa shape index (κ1) is 21.8. The molecule has 0 atom stereocenters. The first-order valence-electron chi connectivity index (χ1n) is 7.86. The van der Waals surface area contributed by atoms with Crippen molar-refractivity contribution in [1.82, 2.24) is 21.3 Å². The van der Waals surface area contributed by atoms with Gasteiger partial charge >= 0.3 is 23.6 Å². The van der Waals surface area contributed by atoms with Crippen molar-refractivity contribution >= 4 is 23.6 Å². The Kier molecular flexibility index (Phi) is 13.1. The van der Waals surface area contributed by atoms with Gasteiger partial charge in [0.25, 0.3) is 0 Å². The lowest BCUT2D eigenvalue weighted by atomic mass is 10.2. The molecule has 0 heterocycles. The first-order chi connectivity index (χ1) is 11.5. The molecule has 0 aliphatic carbocycles. The molecule has 0 spiro atoms. The van der Waals surface area contributed by atoms with Crippen LogP contribution in [-0.2, 0) is 19.2 Å². The number of unbranched alkanes of at least 4 members (excludes halogenated alkanes) is 3. The van der Waals surface area contributed by atoms with Gasteiger partial charge in [-0.25, -0.2) is 0 Å². The Morgan fingerprint density at radius 1 is 0.500 bits per heavy atom. The number of aliphatic hydroxyl groups is 2. The van der Waals surface area contributed by atoms with Crippen LogP contribution in [0.2, 0.25) is 0 Å². The highest BCUT2D eigenvalue weighted by atomic mass is 16.3. The number of aliphatic hydroxyl groups excluding tert-OH is 2. The fourth-order valence-electron chi connectivity index (χ4n) is 1.67. The maximum absolute atomic E-state index is 11.3. The third-order valence-corrected chi connectivity index (χ3v) is 2.88. The van der Waals surface area contributed by atoms with E-state index in [0.29, 0.717) is 25.9 Å². The lowest BCUT2D eigenvalue weighted by molar-refractivity contribution is -0.139. The topological polar surface area (TPSA) is 157 Å². The van der Waals surface area contributed by atoms with E-state index < -0.39 is 23.6 Å². The maximum atomic E-state index is 11.3. The lowest BCUT2D eigenvalue weighted by Gasteiger charge is -2.06. The van der Waals surface area contributed by atoms with Crippen LogP contribution in [0.3, 0.4) is 0 Å². The molecule has 0 bridgehead atoms. The van der Waals surface area contributed by atoms with Gasteiger partial charge in [0, 0.05) is 26.2 Å². The van der Waals surface area contributed by atoms with Gasteiger partial charge in [-0.3, -0.25) is 19.2 Å². The fraction of sp³-hybridized carbons (Fsp3) is 0.714. The van der Waals surface area contributed by atoms with Gasteiger partial charge in [-0.05, 0) is 12.8 Å². The summed E-state index contributed by atoms with van der Waals surface area (Å²) in [5.74, 6) is -3.01. The first-order valence-corrected chi connectivity index (χ1v) is 7.86. The second-order valence-corrected chi connectivity index (χ2v) is 4.89. The largest absolute Gasteiger partial charge is 0.395 e.